The van der Waals surface area contributed by atoms with Crippen LogP contribution < -0.4 is 15.4 Å². The minimum atomic E-state index is 0. The predicted molar refractivity (Wildman–Crippen MR) is 121 cm³/mol. The second kappa shape index (κ2) is 9.72. The number of rotatable bonds is 6. The molecule has 3 aromatic rings. The topological polar surface area (TPSA) is 75.8 Å². The average Bonchev–Trinajstić information content (AvgIpc) is 3.33. The summed E-state index contributed by atoms with van der Waals surface area (Å²) < 4.78 is 7.57. The maximum Gasteiger partial charge on any atom is 0.191 e. The van der Waals surface area contributed by atoms with E-state index in [1.54, 1.807) is 7.05 Å². The van der Waals surface area contributed by atoms with Crippen LogP contribution in [0.2, 0.25) is 0 Å². The van der Waals surface area contributed by atoms with Crippen LogP contribution in [0, 0.1) is 0 Å². The van der Waals surface area contributed by atoms with E-state index < -0.39 is 0 Å². The summed E-state index contributed by atoms with van der Waals surface area (Å²) in [6, 6.07) is 12.4. The number of aromatic nitrogens is 3. The van der Waals surface area contributed by atoms with Gasteiger partial charge in [0, 0.05) is 39.2 Å². The Morgan fingerprint density at radius 1 is 1.14 bits per heavy atom. The van der Waals surface area contributed by atoms with Crippen molar-refractivity contribution in [3.63, 3.8) is 0 Å². The van der Waals surface area contributed by atoms with E-state index in [1.165, 1.54) is 11.1 Å². The van der Waals surface area contributed by atoms with Crippen LogP contribution in [0.1, 0.15) is 17.0 Å². The van der Waals surface area contributed by atoms with Gasteiger partial charge in [0.1, 0.15) is 11.6 Å². The second-order valence-corrected chi connectivity index (χ2v) is 6.51. The minimum absolute atomic E-state index is 0. The second-order valence-electron chi connectivity index (χ2n) is 6.51. The zero-order valence-corrected chi connectivity index (χ0v) is 18.2. The van der Waals surface area contributed by atoms with Crippen LogP contribution in [0.4, 0.5) is 0 Å². The van der Waals surface area contributed by atoms with Crippen molar-refractivity contribution in [1.29, 1.82) is 0 Å². The summed E-state index contributed by atoms with van der Waals surface area (Å²) in [5.74, 6) is 2.77. The Morgan fingerprint density at radius 2 is 2.00 bits per heavy atom. The highest BCUT2D eigenvalue weighted by atomic mass is 127. The number of hydrogen-bond donors (Lipinski definition) is 2. The molecule has 0 aliphatic carbocycles. The van der Waals surface area contributed by atoms with Crippen molar-refractivity contribution in [2.45, 2.75) is 19.3 Å². The van der Waals surface area contributed by atoms with Crippen molar-refractivity contribution in [3.8, 4) is 5.75 Å². The van der Waals surface area contributed by atoms with E-state index in [0.717, 1.165) is 62.1 Å². The molecule has 28 heavy (non-hydrogen) atoms. The highest BCUT2D eigenvalue weighted by Gasteiger charge is 2.11. The van der Waals surface area contributed by atoms with Gasteiger partial charge >= 0.3 is 0 Å². The third-order valence-electron chi connectivity index (χ3n) is 4.71. The van der Waals surface area contributed by atoms with Crippen molar-refractivity contribution in [3.05, 3.63) is 59.5 Å². The zero-order chi connectivity index (χ0) is 18.5. The van der Waals surface area contributed by atoms with Crippen molar-refractivity contribution >= 4 is 35.6 Å². The fourth-order valence-electron chi connectivity index (χ4n) is 3.30. The minimum Gasteiger partial charge on any atom is -0.493 e. The average molecular weight is 492 g/mol. The van der Waals surface area contributed by atoms with E-state index in [0.29, 0.717) is 0 Å². The van der Waals surface area contributed by atoms with Crippen LogP contribution in [-0.4, -0.2) is 47.3 Å². The molecular weight excluding hydrogens is 467 g/mol. The number of fused-ring (bicyclic) bond motifs is 2. The molecule has 1 aliphatic rings. The van der Waals surface area contributed by atoms with E-state index in [-0.39, 0.29) is 24.0 Å². The lowest BCUT2D eigenvalue weighted by atomic mass is 10.1. The lowest BCUT2D eigenvalue weighted by Crippen LogP contribution is -2.39. The molecule has 0 amide bonds. The molecule has 3 heterocycles. The summed E-state index contributed by atoms with van der Waals surface area (Å²) in [5, 5.41) is 15.1. The molecule has 0 saturated heterocycles. The van der Waals surface area contributed by atoms with Crippen LogP contribution >= 0.6 is 24.0 Å². The first-order valence-electron chi connectivity index (χ1n) is 9.31. The molecule has 2 aromatic heterocycles. The predicted octanol–water partition coefficient (Wildman–Crippen LogP) is 2.23. The van der Waals surface area contributed by atoms with Crippen molar-refractivity contribution in [2.24, 2.45) is 4.99 Å². The largest absolute Gasteiger partial charge is 0.493 e. The highest BCUT2D eigenvalue weighted by Crippen LogP contribution is 2.25. The summed E-state index contributed by atoms with van der Waals surface area (Å²) in [4.78, 5) is 4.29. The van der Waals surface area contributed by atoms with Crippen LogP contribution in [0.3, 0.4) is 0 Å². The van der Waals surface area contributed by atoms with Gasteiger partial charge in [0.15, 0.2) is 11.6 Å². The Kier molecular flexibility index (Phi) is 7.07. The number of halogens is 1. The van der Waals surface area contributed by atoms with Crippen molar-refractivity contribution in [1.82, 2.24) is 25.2 Å². The van der Waals surface area contributed by atoms with Crippen molar-refractivity contribution < 1.29 is 4.74 Å². The molecular formula is C20H25IN6O. The lowest BCUT2D eigenvalue weighted by Gasteiger charge is -2.12. The van der Waals surface area contributed by atoms with E-state index in [2.05, 4.69) is 44.0 Å². The van der Waals surface area contributed by atoms with Gasteiger partial charge in [0.2, 0.25) is 0 Å². The number of benzene rings is 1. The number of nitrogens with one attached hydrogen (secondary N) is 2. The Bertz CT molecular complexity index is 955. The van der Waals surface area contributed by atoms with Crippen LogP contribution in [0.5, 0.6) is 5.75 Å². The molecule has 0 radical (unpaired) electrons. The summed E-state index contributed by atoms with van der Waals surface area (Å²) in [5.41, 5.74) is 3.50. The monoisotopic (exact) mass is 492 g/mol. The molecule has 0 fully saturated rings. The summed E-state index contributed by atoms with van der Waals surface area (Å²) in [7, 11) is 1.79. The first-order chi connectivity index (χ1) is 13.3. The summed E-state index contributed by atoms with van der Waals surface area (Å²) in [6.07, 6.45) is 4.72. The van der Waals surface area contributed by atoms with E-state index >= 15 is 0 Å². The van der Waals surface area contributed by atoms with E-state index in [9.17, 15) is 0 Å². The molecule has 1 aromatic carbocycles. The third kappa shape index (κ3) is 4.73. The van der Waals surface area contributed by atoms with Crippen LogP contribution in [0.15, 0.2) is 47.6 Å². The fraction of sp³-hybridized carbons (Fsp3) is 0.350. The molecule has 0 saturated carbocycles. The van der Waals surface area contributed by atoms with Gasteiger partial charge in [-0.2, -0.15) is 0 Å². The highest BCUT2D eigenvalue weighted by molar-refractivity contribution is 14.0. The van der Waals surface area contributed by atoms with Gasteiger partial charge in [-0.1, -0.05) is 18.2 Å². The molecule has 0 spiro atoms. The number of nitrogens with zero attached hydrogens (tertiary/aromatic N) is 4. The van der Waals surface area contributed by atoms with Gasteiger partial charge in [-0.15, -0.1) is 34.2 Å². The Labute approximate surface area is 181 Å². The van der Waals surface area contributed by atoms with Gasteiger partial charge in [-0.25, -0.2) is 0 Å². The molecule has 0 bridgehead atoms. The quantitative estimate of drug-likeness (QED) is 0.314. The number of guanidine groups is 1. The molecule has 4 rings (SSSR count). The molecule has 2 N–H and O–H groups in total. The summed E-state index contributed by atoms with van der Waals surface area (Å²) >= 11 is 0. The number of pyridine rings is 1. The maximum atomic E-state index is 5.56. The molecule has 1 aliphatic heterocycles. The lowest BCUT2D eigenvalue weighted by molar-refractivity contribution is 0.357. The number of hydrogen-bond acceptors (Lipinski definition) is 4. The standard InChI is InChI=1S/C20H24N6O.HI/c1-21-20(22-10-7-15-5-6-17-16(14-15)9-13-27-17)23-11-8-19-25-24-18-4-2-3-12-26(18)19;/h2-6,12,14H,7-11,13H2,1H3,(H2,21,22,23);1H. The van der Waals surface area contributed by atoms with Gasteiger partial charge in [-0.3, -0.25) is 9.39 Å². The Hall–Kier alpha value is -2.36. The molecule has 7 nitrogen and oxygen atoms in total. The van der Waals surface area contributed by atoms with E-state index in [1.807, 2.05) is 28.8 Å². The zero-order valence-electron chi connectivity index (χ0n) is 15.9. The van der Waals surface area contributed by atoms with Gasteiger partial charge in [0.05, 0.1) is 6.61 Å². The molecule has 0 unspecified atom stereocenters. The first kappa shape index (κ1) is 20.4. The maximum absolute atomic E-state index is 5.56. The number of aliphatic imine (C=N–C) groups is 1. The molecule has 148 valence electrons. The van der Waals surface area contributed by atoms with E-state index in [4.69, 9.17) is 4.74 Å². The van der Waals surface area contributed by atoms with Gasteiger partial charge in [0.25, 0.3) is 0 Å². The smallest absolute Gasteiger partial charge is 0.191 e. The fourth-order valence-corrected chi connectivity index (χ4v) is 3.30. The van der Waals surface area contributed by atoms with Crippen LogP contribution in [-0.2, 0) is 19.3 Å². The normalized spacial score (nSPS) is 13.0. The van der Waals surface area contributed by atoms with Crippen LogP contribution in [0.25, 0.3) is 5.65 Å². The first-order valence-corrected chi connectivity index (χ1v) is 9.31. The Morgan fingerprint density at radius 3 is 2.86 bits per heavy atom. The van der Waals surface area contributed by atoms with Crippen molar-refractivity contribution in [2.75, 3.05) is 26.7 Å². The molecule has 8 heteroatoms. The molecule has 0 atom stereocenters. The third-order valence-corrected chi connectivity index (χ3v) is 4.71. The van der Waals surface area contributed by atoms with Gasteiger partial charge < -0.3 is 15.4 Å². The number of ether oxygens (including phenoxy) is 1. The summed E-state index contributed by atoms with van der Waals surface area (Å²) in [6.45, 7) is 2.37. The Balaban J connectivity index is 0.00000225. The SMILES string of the molecule is CN=C(NCCc1ccc2c(c1)CCO2)NCCc1nnc2ccccn12.I. The van der Waals surface area contributed by atoms with Gasteiger partial charge in [-0.05, 0) is 35.7 Å².